The molecule has 4 saturated heterocycles. The molecule has 7 nitrogen and oxygen atoms in total. The molecule has 0 spiro atoms. The van der Waals surface area contributed by atoms with Crippen LogP contribution in [0.4, 0.5) is 0 Å². The van der Waals surface area contributed by atoms with Gasteiger partial charge in [0.15, 0.2) is 0 Å². The lowest BCUT2D eigenvalue weighted by Gasteiger charge is -2.40. The maximum atomic E-state index is 5.77. The monoisotopic (exact) mass is 311 g/mol. The number of hydrogen-bond acceptors (Lipinski definition) is 7. The average molecular weight is 311 g/mol. The number of hydrogen-bond donors (Lipinski definition) is 4. The topological polar surface area (TPSA) is 69.8 Å². The molecule has 5 atom stereocenters. The molecular formula is C15H29N5O2. The molecule has 0 aromatic carbocycles. The Hall–Kier alpha value is -0.280. The van der Waals surface area contributed by atoms with E-state index in [2.05, 4.69) is 26.3 Å². The zero-order valence-electron chi connectivity index (χ0n) is 13.2. The molecule has 7 heteroatoms. The van der Waals surface area contributed by atoms with Gasteiger partial charge in [-0.15, -0.1) is 0 Å². The van der Waals surface area contributed by atoms with Gasteiger partial charge in [0.05, 0.1) is 25.5 Å². The van der Waals surface area contributed by atoms with Gasteiger partial charge in [0.25, 0.3) is 0 Å². The molecule has 0 aromatic heterocycles. The fourth-order valence-corrected chi connectivity index (χ4v) is 4.14. The summed E-state index contributed by atoms with van der Waals surface area (Å²) in [6.07, 6.45) is 5.80. The van der Waals surface area contributed by atoms with Crippen LogP contribution in [-0.4, -0.2) is 68.9 Å². The minimum atomic E-state index is 0.115. The minimum Gasteiger partial charge on any atom is -0.379 e. The van der Waals surface area contributed by atoms with Crippen LogP contribution in [0.2, 0.25) is 0 Å². The summed E-state index contributed by atoms with van der Waals surface area (Å²) in [5.41, 5.74) is 3.22. The number of ether oxygens (including phenoxy) is 1. The van der Waals surface area contributed by atoms with Crippen molar-refractivity contribution in [1.29, 1.82) is 0 Å². The van der Waals surface area contributed by atoms with Crippen LogP contribution >= 0.6 is 0 Å². The van der Waals surface area contributed by atoms with Crippen LogP contribution in [0.25, 0.3) is 0 Å². The van der Waals surface area contributed by atoms with E-state index in [0.717, 1.165) is 39.4 Å². The zero-order valence-corrected chi connectivity index (χ0v) is 13.2. The fraction of sp³-hybridized carbons (Fsp3) is 1.00. The second-order valence-corrected chi connectivity index (χ2v) is 6.91. The Labute approximate surface area is 132 Å². The summed E-state index contributed by atoms with van der Waals surface area (Å²) in [6.45, 7) is 6.01. The Morgan fingerprint density at radius 3 is 2.64 bits per heavy atom. The predicted molar refractivity (Wildman–Crippen MR) is 82.9 cm³/mol. The second kappa shape index (κ2) is 7.09. The first-order valence-corrected chi connectivity index (χ1v) is 8.86. The third kappa shape index (κ3) is 3.31. The summed E-state index contributed by atoms with van der Waals surface area (Å²) >= 11 is 0. The van der Waals surface area contributed by atoms with Crippen molar-refractivity contribution >= 4 is 0 Å². The van der Waals surface area contributed by atoms with Crippen LogP contribution in [0.1, 0.15) is 25.7 Å². The van der Waals surface area contributed by atoms with Crippen molar-refractivity contribution in [2.45, 2.75) is 50.3 Å². The molecule has 4 aliphatic rings. The lowest BCUT2D eigenvalue weighted by molar-refractivity contribution is -0.0110. The zero-order chi connectivity index (χ0) is 14.8. The molecule has 22 heavy (non-hydrogen) atoms. The molecular weight excluding hydrogens is 282 g/mol. The van der Waals surface area contributed by atoms with E-state index in [9.17, 15) is 0 Å². The highest BCUT2D eigenvalue weighted by atomic mass is 16.7. The standard InChI is InChI=1S/C15H29N5O2/c1-2-12(16-5-1)15-18-14(19-22-15)11-3-4-13(17-10-11)20-6-8-21-9-7-20/h11-19H,1-10H2. The molecule has 4 rings (SSSR count). The number of piperidine rings is 1. The molecule has 5 unspecified atom stereocenters. The molecule has 0 aromatic rings. The van der Waals surface area contributed by atoms with Gasteiger partial charge in [-0.25, -0.2) is 0 Å². The van der Waals surface area contributed by atoms with Crippen molar-refractivity contribution in [1.82, 2.24) is 26.3 Å². The van der Waals surface area contributed by atoms with Crippen LogP contribution < -0.4 is 21.4 Å². The van der Waals surface area contributed by atoms with Crippen molar-refractivity contribution in [3.63, 3.8) is 0 Å². The largest absolute Gasteiger partial charge is 0.379 e. The summed E-state index contributed by atoms with van der Waals surface area (Å²) in [5, 5.41) is 10.9. The highest BCUT2D eigenvalue weighted by Gasteiger charge is 2.38. The normalized spacial score (nSPS) is 44.5. The first kappa shape index (κ1) is 15.3. The van der Waals surface area contributed by atoms with Gasteiger partial charge in [0.1, 0.15) is 6.23 Å². The Morgan fingerprint density at radius 2 is 1.91 bits per heavy atom. The van der Waals surface area contributed by atoms with E-state index in [0.29, 0.717) is 18.1 Å². The quantitative estimate of drug-likeness (QED) is 0.542. The van der Waals surface area contributed by atoms with Crippen molar-refractivity contribution in [2.75, 3.05) is 39.4 Å². The van der Waals surface area contributed by atoms with Crippen molar-refractivity contribution in [3.05, 3.63) is 0 Å². The molecule has 0 radical (unpaired) electrons. The fourth-order valence-electron chi connectivity index (χ4n) is 4.14. The van der Waals surface area contributed by atoms with E-state index in [1.165, 1.54) is 25.7 Å². The number of nitrogens with one attached hydrogen (secondary N) is 4. The summed E-state index contributed by atoms with van der Waals surface area (Å²) in [7, 11) is 0. The lowest BCUT2D eigenvalue weighted by Crippen LogP contribution is -2.57. The summed E-state index contributed by atoms with van der Waals surface area (Å²) < 4.78 is 5.44. The molecule has 126 valence electrons. The first-order chi connectivity index (χ1) is 10.9. The highest BCUT2D eigenvalue weighted by molar-refractivity contribution is 4.90. The summed E-state index contributed by atoms with van der Waals surface area (Å²) in [4.78, 5) is 8.29. The van der Waals surface area contributed by atoms with E-state index in [1.54, 1.807) is 0 Å². The molecule has 4 heterocycles. The van der Waals surface area contributed by atoms with Crippen LogP contribution in [0.3, 0.4) is 0 Å². The van der Waals surface area contributed by atoms with Crippen LogP contribution in [-0.2, 0) is 9.57 Å². The van der Waals surface area contributed by atoms with Crippen molar-refractivity contribution in [3.8, 4) is 0 Å². The van der Waals surface area contributed by atoms with E-state index in [-0.39, 0.29) is 12.4 Å². The molecule has 0 aliphatic carbocycles. The number of rotatable bonds is 3. The average Bonchev–Trinajstić information content (AvgIpc) is 3.27. The third-order valence-corrected chi connectivity index (χ3v) is 5.51. The van der Waals surface area contributed by atoms with Gasteiger partial charge in [0.2, 0.25) is 0 Å². The van der Waals surface area contributed by atoms with E-state index in [4.69, 9.17) is 9.57 Å². The van der Waals surface area contributed by atoms with Crippen molar-refractivity contribution in [2.24, 2.45) is 5.92 Å². The molecule has 4 aliphatic heterocycles. The Bertz CT molecular complexity index is 352. The Balaban J connectivity index is 1.23. The van der Waals surface area contributed by atoms with Gasteiger partial charge >= 0.3 is 0 Å². The molecule has 0 bridgehead atoms. The van der Waals surface area contributed by atoms with Gasteiger partial charge in [-0.05, 0) is 32.2 Å². The second-order valence-electron chi connectivity index (χ2n) is 6.91. The molecule has 0 saturated carbocycles. The van der Waals surface area contributed by atoms with Gasteiger partial charge in [-0.2, -0.15) is 5.48 Å². The Morgan fingerprint density at radius 1 is 1.00 bits per heavy atom. The van der Waals surface area contributed by atoms with Gasteiger partial charge in [0, 0.05) is 31.6 Å². The first-order valence-electron chi connectivity index (χ1n) is 8.86. The number of hydroxylamine groups is 1. The summed E-state index contributed by atoms with van der Waals surface area (Å²) in [6, 6.07) is 0.454. The van der Waals surface area contributed by atoms with Crippen molar-refractivity contribution < 1.29 is 9.57 Å². The highest BCUT2D eigenvalue weighted by Crippen LogP contribution is 2.23. The maximum absolute atomic E-state index is 5.77. The van der Waals surface area contributed by atoms with Gasteiger partial charge in [-0.3, -0.25) is 15.1 Å². The van der Waals surface area contributed by atoms with Gasteiger partial charge < -0.3 is 15.4 Å². The lowest BCUT2D eigenvalue weighted by atomic mass is 9.94. The summed E-state index contributed by atoms with van der Waals surface area (Å²) in [5.74, 6) is 0.587. The number of nitrogens with zero attached hydrogens (tertiary/aromatic N) is 1. The van der Waals surface area contributed by atoms with E-state index >= 15 is 0 Å². The SMILES string of the molecule is C1CNC(C2NC(C3CCC(N4CCOCC4)NC3)NO2)C1. The predicted octanol–water partition coefficient (Wildman–Crippen LogP) is -0.827. The molecule has 4 fully saturated rings. The number of morpholine rings is 1. The van der Waals surface area contributed by atoms with E-state index in [1.807, 2.05) is 0 Å². The van der Waals surface area contributed by atoms with Gasteiger partial charge in [-0.1, -0.05) is 0 Å². The third-order valence-electron chi connectivity index (χ3n) is 5.51. The molecule has 0 amide bonds. The Kier molecular flexibility index (Phi) is 4.92. The smallest absolute Gasteiger partial charge is 0.146 e. The van der Waals surface area contributed by atoms with Crippen LogP contribution in [0, 0.1) is 5.92 Å². The maximum Gasteiger partial charge on any atom is 0.146 e. The van der Waals surface area contributed by atoms with E-state index < -0.39 is 0 Å². The minimum absolute atomic E-state index is 0.115. The van der Waals surface area contributed by atoms with Crippen LogP contribution in [0.5, 0.6) is 0 Å². The molecule has 4 N–H and O–H groups in total. The van der Waals surface area contributed by atoms with Crippen LogP contribution in [0.15, 0.2) is 0 Å².